The Kier molecular flexibility index (Phi) is 3.33. The van der Waals surface area contributed by atoms with Crippen LogP contribution in [0.5, 0.6) is 0 Å². The van der Waals surface area contributed by atoms with Crippen LogP contribution >= 0.6 is 0 Å². The molecule has 1 fully saturated rings. The van der Waals surface area contributed by atoms with Gasteiger partial charge in [0.25, 0.3) is 0 Å². The molecule has 96 valence electrons. The van der Waals surface area contributed by atoms with Crippen LogP contribution in [-0.4, -0.2) is 52.7 Å². The number of hydrogen-bond acceptors (Lipinski definition) is 2. The number of fused-ring (bicyclic) bond motifs is 1. The Balaban J connectivity index is 1.68. The maximum Gasteiger partial charge on any atom is 0.234 e. The molecule has 2 aliphatic rings. The van der Waals surface area contributed by atoms with Crippen LogP contribution in [0.4, 0.5) is 0 Å². The van der Waals surface area contributed by atoms with E-state index in [4.69, 9.17) is 0 Å². The van der Waals surface area contributed by atoms with Gasteiger partial charge in [-0.25, -0.2) is 0 Å². The van der Waals surface area contributed by atoms with E-state index in [1.165, 1.54) is 24.9 Å². The highest BCUT2D eigenvalue weighted by atomic mass is 16.3. The van der Waals surface area contributed by atoms with Gasteiger partial charge in [-0.3, -0.25) is 9.48 Å². The summed E-state index contributed by atoms with van der Waals surface area (Å²) in [6, 6.07) is 11.4. The zero-order valence-corrected chi connectivity index (χ0v) is 10.7. The van der Waals surface area contributed by atoms with Crippen molar-refractivity contribution in [2.24, 2.45) is 0 Å². The molecule has 0 unspecified atom stereocenters. The molecule has 2 aliphatic heterocycles. The molecule has 3 rings (SSSR count). The standard InChI is InChI=1S/C15H21N2O/c18-11-15(9-13-5-2-1-3-6-13)17-10-14-7-4-8-16(14)12-17/h1-3,5-6,12,14-15,18H,4,7-11H2/q+1/t14-,15-/m0/s1. The molecule has 0 spiro atoms. The summed E-state index contributed by atoms with van der Waals surface area (Å²) in [6.07, 6.45) is 5.78. The third-order valence-electron chi connectivity index (χ3n) is 4.13. The first-order valence-corrected chi connectivity index (χ1v) is 6.88. The van der Waals surface area contributed by atoms with Crippen LogP contribution in [0.15, 0.2) is 30.3 Å². The van der Waals surface area contributed by atoms with Crippen molar-refractivity contribution < 1.29 is 9.68 Å². The van der Waals surface area contributed by atoms with Crippen molar-refractivity contribution in [2.45, 2.75) is 31.3 Å². The molecule has 0 amide bonds. The van der Waals surface area contributed by atoms with Gasteiger partial charge < -0.3 is 5.11 Å². The van der Waals surface area contributed by atoms with Gasteiger partial charge in [0.2, 0.25) is 6.34 Å². The fourth-order valence-electron chi connectivity index (χ4n) is 3.10. The Morgan fingerprint density at radius 3 is 2.89 bits per heavy atom. The lowest BCUT2D eigenvalue weighted by Gasteiger charge is -2.19. The van der Waals surface area contributed by atoms with Crippen molar-refractivity contribution in [2.75, 3.05) is 19.7 Å². The van der Waals surface area contributed by atoms with Crippen LogP contribution in [0, 0.1) is 0 Å². The largest absolute Gasteiger partial charge is 0.392 e. The number of rotatable bonds is 4. The summed E-state index contributed by atoms with van der Waals surface area (Å²) in [4.78, 5) is 2.33. The number of benzene rings is 1. The molecule has 0 bridgehead atoms. The van der Waals surface area contributed by atoms with Gasteiger partial charge in [-0.1, -0.05) is 30.3 Å². The Bertz CT molecular complexity index is 429. The zero-order chi connectivity index (χ0) is 12.4. The lowest BCUT2D eigenvalue weighted by atomic mass is 10.1. The average Bonchev–Trinajstić information content (AvgIpc) is 2.98. The molecule has 1 N–H and O–H groups in total. The van der Waals surface area contributed by atoms with E-state index in [1.807, 2.05) is 6.07 Å². The predicted octanol–water partition coefficient (Wildman–Crippen LogP) is 1.11. The molecule has 0 saturated carbocycles. The lowest BCUT2D eigenvalue weighted by Crippen LogP contribution is -2.38. The summed E-state index contributed by atoms with van der Waals surface area (Å²) in [5.74, 6) is 0. The molecule has 0 aliphatic carbocycles. The van der Waals surface area contributed by atoms with Crippen molar-refractivity contribution in [1.29, 1.82) is 0 Å². The lowest BCUT2D eigenvalue weighted by molar-refractivity contribution is -0.529. The number of aliphatic hydroxyl groups excluding tert-OH is 1. The van der Waals surface area contributed by atoms with Crippen molar-refractivity contribution in [1.82, 2.24) is 4.90 Å². The summed E-state index contributed by atoms with van der Waals surface area (Å²) >= 11 is 0. The fourth-order valence-corrected chi connectivity index (χ4v) is 3.10. The maximum absolute atomic E-state index is 9.63. The first kappa shape index (κ1) is 11.7. The minimum absolute atomic E-state index is 0.220. The van der Waals surface area contributed by atoms with Crippen LogP contribution in [0.3, 0.4) is 0 Å². The van der Waals surface area contributed by atoms with Gasteiger partial charge in [0.15, 0.2) is 0 Å². The monoisotopic (exact) mass is 245 g/mol. The minimum Gasteiger partial charge on any atom is -0.392 e. The van der Waals surface area contributed by atoms with Gasteiger partial charge in [-0.15, -0.1) is 0 Å². The Labute approximate surface area is 108 Å². The number of nitrogens with zero attached hydrogens (tertiary/aromatic N) is 2. The summed E-state index contributed by atoms with van der Waals surface area (Å²) < 4.78 is 2.44. The normalized spacial score (nSPS) is 23.9. The van der Waals surface area contributed by atoms with E-state index in [2.05, 4.69) is 40.1 Å². The van der Waals surface area contributed by atoms with E-state index < -0.39 is 0 Å². The Morgan fingerprint density at radius 1 is 1.33 bits per heavy atom. The second-order valence-corrected chi connectivity index (χ2v) is 5.37. The highest BCUT2D eigenvalue weighted by Crippen LogP contribution is 2.20. The van der Waals surface area contributed by atoms with E-state index in [0.717, 1.165) is 13.0 Å². The third kappa shape index (κ3) is 2.27. The van der Waals surface area contributed by atoms with Crippen molar-refractivity contribution in [3.63, 3.8) is 0 Å². The van der Waals surface area contributed by atoms with Crippen molar-refractivity contribution in [3.8, 4) is 0 Å². The quantitative estimate of drug-likeness (QED) is 0.804. The van der Waals surface area contributed by atoms with Crippen LogP contribution in [0.1, 0.15) is 18.4 Å². The summed E-state index contributed by atoms with van der Waals surface area (Å²) in [5, 5.41) is 9.63. The molecule has 3 heteroatoms. The van der Waals surface area contributed by atoms with Crippen LogP contribution in [0.25, 0.3) is 0 Å². The summed E-state index contributed by atoms with van der Waals surface area (Å²) in [7, 11) is 0. The van der Waals surface area contributed by atoms with E-state index in [-0.39, 0.29) is 12.6 Å². The highest BCUT2D eigenvalue weighted by Gasteiger charge is 2.37. The molecule has 1 aromatic carbocycles. The molecular weight excluding hydrogens is 224 g/mol. The summed E-state index contributed by atoms with van der Waals surface area (Å²) in [5.41, 5.74) is 1.30. The number of hydrogen-bond donors (Lipinski definition) is 1. The van der Waals surface area contributed by atoms with Gasteiger partial charge in [-0.2, -0.15) is 0 Å². The predicted molar refractivity (Wildman–Crippen MR) is 71.9 cm³/mol. The first-order chi connectivity index (χ1) is 8.86. The molecule has 18 heavy (non-hydrogen) atoms. The van der Waals surface area contributed by atoms with Crippen LogP contribution in [-0.2, 0) is 6.42 Å². The van der Waals surface area contributed by atoms with E-state index >= 15 is 0 Å². The van der Waals surface area contributed by atoms with Gasteiger partial charge >= 0.3 is 0 Å². The second-order valence-electron chi connectivity index (χ2n) is 5.37. The number of aliphatic hydroxyl groups is 1. The summed E-state index contributed by atoms with van der Waals surface area (Å²) in [6.45, 7) is 2.49. The second kappa shape index (κ2) is 5.11. The molecule has 3 nitrogen and oxygen atoms in total. The molecule has 2 atom stereocenters. The molecule has 1 saturated heterocycles. The molecular formula is C15H21N2O+. The molecule has 2 heterocycles. The van der Waals surface area contributed by atoms with E-state index in [9.17, 15) is 5.11 Å². The topological polar surface area (TPSA) is 26.5 Å². The van der Waals surface area contributed by atoms with Gasteiger partial charge in [0.05, 0.1) is 13.2 Å². The smallest absolute Gasteiger partial charge is 0.234 e. The van der Waals surface area contributed by atoms with Crippen LogP contribution < -0.4 is 0 Å². The molecule has 1 aromatic rings. The first-order valence-electron chi connectivity index (χ1n) is 6.88. The van der Waals surface area contributed by atoms with Crippen molar-refractivity contribution in [3.05, 3.63) is 35.9 Å². The average molecular weight is 245 g/mol. The van der Waals surface area contributed by atoms with Gasteiger partial charge in [-0.05, 0) is 18.4 Å². The van der Waals surface area contributed by atoms with E-state index in [1.54, 1.807) is 0 Å². The maximum atomic E-state index is 9.63. The van der Waals surface area contributed by atoms with Crippen LogP contribution in [0.2, 0.25) is 0 Å². The van der Waals surface area contributed by atoms with Gasteiger partial charge in [0, 0.05) is 6.42 Å². The molecule has 0 aromatic heterocycles. The fraction of sp³-hybridized carbons (Fsp3) is 0.533. The Morgan fingerprint density at radius 2 is 2.17 bits per heavy atom. The van der Waals surface area contributed by atoms with Crippen molar-refractivity contribution >= 4 is 6.34 Å². The molecule has 0 radical (unpaired) electrons. The zero-order valence-electron chi connectivity index (χ0n) is 10.7. The highest BCUT2D eigenvalue weighted by molar-refractivity contribution is 5.52. The SMILES string of the molecule is OC[C@H](Cc1ccccc1)N1C=[N+]2CCC[C@H]2C1. The Hall–Kier alpha value is -1.35. The van der Waals surface area contributed by atoms with E-state index in [0.29, 0.717) is 6.04 Å². The minimum atomic E-state index is 0.220. The third-order valence-corrected chi connectivity index (χ3v) is 4.13. The van der Waals surface area contributed by atoms with Gasteiger partial charge in [0.1, 0.15) is 18.6 Å².